The van der Waals surface area contributed by atoms with Crippen LogP contribution in [-0.4, -0.2) is 24.7 Å². The molecule has 1 aliphatic rings. The lowest BCUT2D eigenvalue weighted by Crippen LogP contribution is -2.37. The minimum Gasteiger partial charge on any atom is -0.375 e. The van der Waals surface area contributed by atoms with Gasteiger partial charge in [0, 0.05) is 19.1 Å². The maximum Gasteiger partial charge on any atom is 0.243 e. The minimum absolute atomic E-state index is 0.103. The number of carbonyl (C=O) groups is 1. The first-order chi connectivity index (χ1) is 6.06. The highest BCUT2D eigenvalue weighted by atomic mass is 16.5. The van der Waals surface area contributed by atoms with Crippen LogP contribution in [0.15, 0.2) is 12.7 Å². The van der Waals surface area contributed by atoms with E-state index in [0.29, 0.717) is 12.5 Å². The van der Waals surface area contributed by atoms with Gasteiger partial charge >= 0.3 is 0 Å². The Morgan fingerprint density at radius 3 is 2.92 bits per heavy atom. The second kappa shape index (κ2) is 3.92. The topological polar surface area (TPSA) is 38.3 Å². The Bertz CT molecular complexity index is 211. The van der Waals surface area contributed by atoms with Gasteiger partial charge in [-0.25, -0.2) is 0 Å². The molecule has 0 aromatic heterocycles. The van der Waals surface area contributed by atoms with Crippen molar-refractivity contribution in [3.63, 3.8) is 0 Å². The molecule has 0 aromatic rings. The van der Waals surface area contributed by atoms with Gasteiger partial charge in [-0.15, -0.1) is 0 Å². The average molecular weight is 183 g/mol. The quantitative estimate of drug-likeness (QED) is 0.665. The van der Waals surface area contributed by atoms with E-state index in [1.807, 2.05) is 0 Å². The summed E-state index contributed by atoms with van der Waals surface area (Å²) >= 11 is 0. The molecule has 3 nitrogen and oxygen atoms in total. The highest BCUT2D eigenvalue weighted by Crippen LogP contribution is 2.30. The lowest BCUT2D eigenvalue weighted by atomic mass is 9.91. The van der Waals surface area contributed by atoms with E-state index in [1.54, 1.807) is 0 Å². The number of hydrogen-bond acceptors (Lipinski definition) is 2. The smallest absolute Gasteiger partial charge is 0.243 e. The van der Waals surface area contributed by atoms with Crippen molar-refractivity contribution in [2.24, 2.45) is 5.92 Å². The summed E-state index contributed by atoms with van der Waals surface area (Å²) in [5.41, 5.74) is -0.103. The van der Waals surface area contributed by atoms with Crippen molar-refractivity contribution in [2.75, 3.05) is 13.2 Å². The van der Waals surface area contributed by atoms with Crippen LogP contribution in [0.4, 0.5) is 0 Å². The highest BCUT2D eigenvalue weighted by molar-refractivity contribution is 5.86. The van der Waals surface area contributed by atoms with E-state index in [9.17, 15) is 4.79 Å². The molecule has 1 unspecified atom stereocenters. The van der Waals surface area contributed by atoms with Crippen LogP contribution in [0.5, 0.6) is 0 Å². The number of ether oxygens (including phenoxy) is 1. The molecule has 13 heavy (non-hydrogen) atoms. The predicted molar refractivity (Wildman–Crippen MR) is 51.3 cm³/mol. The third-order valence-electron chi connectivity index (χ3n) is 2.63. The van der Waals surface area contributed by atoms with Crippen LogP contribution in [0.1, 0.15) is 20.3 Å². The van der Waals surface area contributed by atoms with Crippen molar-refractivity contribution in [2.45, 2.75) is 25.9 Å². The predicted octanol–water partition coefficient (Wildman–Crippen LogP) is 1.10. The fraction of sp³-hybridized carbons (Fsp3) is 0.700. The summed E-state index contributed by atoms with van der Waals surface area (Å²) in [5.74, 6) is 0.305. The molecule has 1 amide bonds. The maximum atomic E-state index is 10.9. The summed E-state index contributed by atoms with van der Waals surface area (Å²) in [5, 5.41) is 2.79. The van der Waals surface area contributed by atoms with Crippen molar-refractivity contribution in [3.05, 3.63) is 12.7 Å². The van der Waals surface area contributed by atoms with Crippen molar-refractivity contribution in [1.29, 1.82) is 0 Å². The van der Waals surface area contributed by atoms with Gasteiger partial charge in [0.1, 0.15) is 0 Å². The number of amides is 1. The van der Waals surface area contributed by atoms with Crippen molar-refractivity contribution in [1.82, 2.24) is 5.32 Å². The second-order valence-electron chi connectivity index (χ2n) is 3.89. The molecule has 1 N–H and O–H groups in total. The van der Waals surface area contributed by atoms with Crippen molar-refractivity contribution in [3.8, 4) is 0 Å². The van der Waals surface area contributed by atoms with Crippen LogP contribution in [0, 0.1) is 5.92 Å². The molecule has 1 aliphatic heterocycles. The summed E-state index contributed by atoms with van der Waals surface area (Å²) in [7, 11) is 0. The standard InChI is InChI=1S/C10H17NO2/c1-4-9(12)11-7-8-5-6-13-10(8,2)3/h4,8H,1,5-7H2,2-3H3,(H,11,12). The highest BCUT2D eigenvalue weighted by Gasteiger charge is 2.35. The van der Waals surface area contributed by atoms with Crippen LogP contribution < -0.4 is 5.32 Å². The SMILES string of the molecule is C=CC(=O)NCC1CCOC1(C)C. The van der Waals surface area contributed by atoms with Gasteiger partial charge in [-0.1, -0.05) is 6.58 Å². The monoisotopic (exact) mass is 183 g/mol. The van der Waals surface area contributed by atoms with Crippen LogP contribution in [-0.2, 0) is 9.53 Å². The number of carbonyl (C=O) groups excluding carboxylic acids is 1. The van der Waals surface area contributed by atoms with Crippen LogP contribution in [0.3, 0.4) is 0 Å². The molecule has 1 heterocycles. The van der Waals surface area contributed by atoms with Crippen LogP contribution in [0.25, 0.3) is 0 Å². The largest absolute Gasteiger partial charge is 0.375 e. The molecular weight excluding hydrogens is 166 g/mol. The fourth-order valence-electron chi connectivity index (χ4n) is 1.57. The van der Waals surface area contributed by atoms with Gasteiger partial charge in [-0.05, 0) is 26.3 Å². The number of hydrogen-bond donors (Lipinski definition) is 1. The lowest BCUT2D eigenvalue weighted by molar-refractivity contribution is -0.116. The van der Waals surface area contributed by atoms with Crippen LogP contribution in [0.2, 0.25) is 0 Å². The summed E-state index contributed by atoms with van der Waals surface area (Å²) < 4.78 is 5.54. The van der Waals surface area contributed by atoms with Crippen molar-refractivity contribution >= 4 is 5.91 Å². The van der Waals surface area contributed by atoms with E-state index in [0.717, 1.165) is 13.0 Å². The lowest BCUT2D eigenvalue weighted by Gasteiger charge is -2.25. The molecule has 1 atom stereocenters. The molecule has 1 fully saturated rings. The zero-order valence-corrected chi connectivity index (χ0v) is 8.30. The van der Waals surface area contributed by atoms with E-state index in [2.05, 4.69) is 25.7 Å². The Morgan fingerprint density at radius 1 is 1.77 bits per heavy atom. The molecule has 1 rings (SSSR count). The van der Waals surface area contributed by atoms with Crippen molar-refractivity contribution < 1.29 is 9.53 Å². The van der Waals surface area contributed by atoms with E-state index in [4.69, 9.17) is 4.74 Å². The molecule has 0 radical (unpaired) electrons. The Labute approximate surface area is 79.2 Å². The number of rotatable bonds is 3. The third-order valence-corrected chi connectivity index (χ3v) is 2.63. The summed E-state index contributed by atoms with van der Waals surface area (Å²) in [6.45, 7) is 8.99. The Morgan fingerprint density at radius 2 is 2.46 bits per heavy atom. The van der Waals surface area contributed by atoms with E-state index in [-0.39, 0.29) is 11.5 Å². The van der Waals surface area contributed by atoms with Gasteiger partial charge < -0.3 is 10.1 Å². The molecule has 0 saturated carbocycles. The minimum atomic E-state index is -0.109. The fourth-order valence-corrected chi connectivity index (χ4v) is 1.57. The first-order valence-electron chi connectivity index (χ1n) is 4.60. The first kappa shape index (κ1) is 10.3. The Kier molecular flexibility index (Phi) is 3.09. The zero-order chi connectivity index (χ0) is 9.90. The van der Waals surface area contributed by atoms with E-state index in [1.165, 1.54) is 6.08 Å². The van der Waals surface area contributed by atoms with Gasteiger partial charge in [0.05, 0.1) is 5.60 Å². The van der Waals surface area contributed by atoms with Gasteiger partial charge in [0.15, 0.2) is 0 Å². The zero-order valence-electron chi connectivity index (χ0n) is 8.30. The van der Waals surface area contributed by atoms with Gasteiger partial charge in [0.2, 0.25) is 5.91 Å². The molecule has 0 aliphatic carbocycles. The average Bonchev–Trinajstić information content (AvgIpc) is 2.41. The van der Waals surface area contributed by atoms with Gasteiger partial charge in [-0.3, -0.25) is 4.79 Å². The van der Waals surface area contributed by atoms with Gasteiger partial charge in [0.25, 0.3) is 0 Å². The first-order valence-corrected chi connectivity index (χ1v) is 4.60. The second-order valence-corrected chi connectivity index (χ2v) is 3.89. The molecule has 1 saturated heterocycles. The third kappa shape index (κ3) is 2.56. The number of nitrogens with one attached hydrogen (secondary N) is 1. The molecule has 0 bridgehead atoms. The van der Waals surface area contributed by atoms with E-state index < -0.39 is 0 Å². The molecule has 74 valence electrons. The molecule has 3 heteroatoms. The molecular formula is C10H17NO2. The molecule has 0 aromatic carbocycles. The summed E-state index contributed by atoms with van der Waals surface area (Å²) in [6.07, 6.45) is 2.31. The molecule has 0 spiro atoms. The normalized spacial score (nSPS) is 25.5. The maximum absolute atomic E-state index is 10.9. The van der Waals surface area contributed by atoms with Gasteiger partial charge in [-0.2, -0.15) is 0 Å². The Hall–Kier alpha value is -0.830. The summed E-state index contributed by atoms with van der Waals surface area (Å²) in [4.78, 5) is 10.9. The summed E-state index contributed by atoms with van der Waals surface area (Å²) in [6, 6.07) is 0. The van der Waals surface area contributed by atoms with E-state index >= 15 is 0 Å². The van der Waals surface area contributed by atoms with Crippen LogP contribution >= 0.6 is 0 Å². The Balaban J connectivity index is 2.37.